The number of likely N-dealkylation sites (tertiary alicyclic amines) is 1. The van der Waals surface area contributed by atoms with E-state index in [1.165, 1.54) is 6.07 Å². The van der Waals surface area contributed by atoms with E-state index in [4.69, 9.17) is 0 Å². The maximum atomic E-state index is 10.9. The highest BCUT2D eigenvalue weighted by Gasteiger charge is 2.30. The number of nitro benzene ring substituents is 1. The van der Waals surface area contributed by atoms with E-state index in [0.717, 1.165) is 0 Å². The van der Waals surface area contributed by atoms with Crippen molar-refractivity contribution < 1.29 is 15.1 Å². The third kappa shape index (κ3) is 2.86. The van der Waals surface area contributed by atoms with Crippen molar-refractivity contribution in [3.63, 3.8) is 0 Å². The van der Waals surface area contributed by atoms with Gasteiger partial charge in [-0.25, -0.2) is 0 Å². The van der Waals surface area contributed by atoms with Gasteiger partial charge in [-0.1, -0.05) is 15.9 Å². The lowest BCUT2D eigenvalue weighted by Gasteiger charge is -2.14. The number of nitrogens with zero attached hydrogens (tertiary/aromatic N) is 2. The Hall–Kier alpha value is -1.02. The van der Waals surface area contributed by atoms with Crippen LogP contribution in [0.2, 0.25) is 0 Å². The monoisotopic (exact) mass is 316 g/mol. The van der Waals surface area contributed by atoms with Crippen molar-refractivity contribution in [2.45, 2.75) is 18.8 Å². The predicted molar refractivity (Wildman–Crippen MR) is 68.1 cm³/mol. The van der Waals surface area contributed by atoms with E-state index in [9.17, 15) is 20.3 Å². The third-order valence-corrected chi connectivity index (χ3v) is 3.47. The molecule has 0 aromatic heterocycles. The first kappa shape index (κ1) is 13.4. The molecule has 2 atom stereocenters. The Morgan fingerprint density at radius 1 is 1.39 bits per heavy atom. The number of rotatable bonds is 3. The largest absolute Gasteiger partial charge is 0.389 e. The second-order valence-corrected chi connectivity index (χ2v) is 5.27. The molecule has 98 valence electrons. The summed E-state index contributed by atoms with van der Waals surface area (Å²) in [6.07, 6.45) is -1.56. The number of benzene rings is 1. The Bertz CT molecular complexity index is 458. The van der Waals surface area contributed by atoms with Gasteiger partial charge in [0.05, 0.1) is 17.1 Å². The highest BCUT2D eigenvalue weighted by Crippen LogP contribution is 2.26. The topological polar surface area (TPSA) is 86.8 Å². The lowest BCUT2D eigenvalue weighted by molar-refractivity contribution is -0.385. The van der Waals surface area contributed by atoms with Gasteiger partial charge in [-0.15, -0.1) is 0 Å². The minimum absolute atomic E-state index is 0.0419. The molecule has 6 nitrogen and oxygen atoms in total. The zero-order valence-corrected chi connectivity index (χ0v) is 11.1. The van der Waals surface area contributed by atoms with Crippen molar-refractivity contribution in [1.29, 1.82) is 0 Å². The van der Waals surface area contributed by atoms with Crippen LogP contribution in [0.15, 0.2) is 22.7 Å². The van der Waals surface area contributed by atoms with Crippen molar-refractivity contribution in [2.24, 2.45) is 0 Å². The van der Waals surface area contributed by atoms with Crippen molar-refractivity contribution in [2.75, 3.05) is 13.1 Å². The molecule has 1 aliphatic rings. The zero-order chi connectivity index (χ0) is 13.3. The fourth-order valence-corrected chi connectivity index (χ4v) is 2.41. The zero-order valence-electron chi connectivity index (χ0n) is 9.49. The molecule has 2 unspecified atom stereocenters. The van der Waals surface area contributed by atoms with Gasteiger partial charge in [0.15, 0.2) is 0 Å². The maximum Gasteiger partial charge on any atom is 0.275 e. The van der Waals surface area contributed by atoms with E-state index in [1.807, 2.05) is 0 Å². The first-order valence-corrected chi connectivity index (χ1v) is 6.28. The molecule has 1 aromatic rings. The van der Waals surface area contributed by atoms with E-state index in [0.29, 0.717) is 29.7 Å². The summed E-state index contributed by atoms with van der Waals surface area (Å²) < 4.78 is 0.652. The number of nitro groups is 1. The van der Waals surface area contributed by atoms with Gasteiger partial charge < -0.3 is 10.2 Å². The Labute approximate surface area is 112 Å². The number of aliphatic hydroxyl groups excluding tert-OH is 2. The molecule has 0 spiro atoms. The van der Waals surface area contributed by atoms with Gasteiger partial charge in [-0.3, -0.25) is 15.0 Å². The molecule has 2 rings (SSSR count). The van der Waals surface area contributed by atoms with Gasteiger partial charge in [0, 0.05) is 35.7 Å². The fraction of sp³-hybridized carbons (Fsp3) is 0.455. The van der Waals surface area contributed by atoms with Crippen LogP contribution in [0.25, 0.3) is 0 Å². The first-order chi connectivity index (χ1) is 8.47. The average Bonchev–Trinajstić information content (AvgIpc) is 2.60. The average molecular weight is 317 g/mol. The predicted octanol–water partition coefficient (Wildman–Crippen LogP) is 0.895. The maximum absolute atomic E-state index is 10.9. The minimum atomic E-state index is -0.778. The summed E-state index contributed by atoms with van der Waals surface area (Å²) in [6, 6.07) is 4.88. The number of aliphatic hydroxyl groups is 2. The second-order valence-electron chi connectivity index (χ2n) is 4.36. The summed E-state index contributed by atoms with van der Waals surface area (Å²) in [6.45, 7) is 1.00. The van der Waals surface area contributed by atoms with E-state index in [2.05, 4.69) is 15.9 Å². The van der Waals surface area contributed by atoms with E-state index >= 15 is 0 Å². The summed E-state index contributed by atoms with van der Waals surface area (Å²) in [5.41, 5.74) is 0.616. The SMILES string of the molecule is O=[N+]([O-])c1cc(Br)ccc1CN1CC(O)C(O)C1. The molecular weight excluding hydrogens is 304 g/mol. The molecule has 0 radical (unpaired) electrons. The summed E-state index contributed by atoms with van der Waals surface area (Å²) in [5.74, 6) is 0. The Morgan fingerprint density at radius 2 is 2.00 bits per heavy atom. The molecule has 1 aromatic carbocycles. The Kier molecular flexibility index (Phi) is 3.96. The molecule has 1 saturated heterocycles. The fourth-order valence-electron chi connectivity index (χ4n) is 2.06. The van der Waals surface area contributed by atoms with Gasteiger partial charge in [0.1, 0.15) is 0 Å². The van der Waals surface area contributed by atoms with Crippen LogP contribution in [0, 0.1) is 10.1 Å². The normalized spacial score (nSPS) is 24.4. The summed E-state index contributed by atoms with van der Waals surface area (Å²) in [7, 11) is 0. The minimum Gasteiger partial charge on any atom is -0.389 e. The molecule has 1 aliphatic heterocycles. The molecule has 7 heteroatoms. The van der Waals surface area contributed by atoms with Gasteiger partial charge in [0.2, 0.25) is 0 Å². The van der Waals surface area contributed by atoms with Crippen molar-refractivity contribution in [1.82, 2.24) is 4.90 Å². The van der Waals surface area contributed by atoms with Gasteiger partial charge in [0.25, 0.3) is 5.69 Å². The van der Waals surface area contributed by atoms with Gasteiger partial charge in [-0.2, -0.15) is 0 Å². The number of halogens is 1. The molecule has 0 amide bonds. The van der Waals surface area contributed by atoms with Gasteiger partial charge in [-0.05, 0) is 12.1 Å². The smallest absolute Gasteiger partial charge is 0.275 e. The number of β-amino-alcohol motifs (C(OH)–C–C–N with tert-alkyl or cyclic N) is 2. The second kappa shape index (κ2) is 5.31. The van der Waals surface area contributed by atoms with Crippen molar-refractivity contribution in [3.05, 3.63) is 38.3 Å². The van der Waals surface area contributed by atoms with Crippen LogP contribution in [-0.4, -0.2) is 45.3 Å². The Balaban J connectivity index is 2.17. The third-order valence-electron chi connectivity index (χ3n) is 2.97. The van der Waals surface area contributed by atoms with Crippen molar-refractivity contribution >= 4 is 21.6 Å². The molecule has 1 fully saturated rings. The quantitative estimate of drug-likeness (QED) is 0.639. The molecule has 0 bridgehead atoms. The molecule has 0 saturated carbocycles. The summed E-state index contributed by atoms with van der Waals surface area (Å²) >= 11 is 3.20. The van der Waals surface area contributed by atoms with Crippen molar-refractivity contribution in [3.8, 4) is 0 Å². The van der Waals surface area contributed by atoms with Crippen LogP contribution >= 0.6 is 15.9 Å². The standard InChI is InChI=1S/C11H13BrN2O4/c12-8-2-1-7(9(3-8)14(17)18)4-13-5-10(15)11(16)6-13/h1-3,10-11,15-16H,4-6H2. The van der Waals surface area contributed by atoms with E-state index in [-0.39, 0.29) is 5.69 Å². The van der Waals surface area contributed by atoms with Gasteiger partial charge >= 0.3 is 0 Å². The molecule has 2 N–H and O–H groups in total. The van der Waals surface area contributed by atoms with E-state index < -0.39 is 17.1 Å². The highest BCUT2D eigenvalue weighted by atomic mass is 79.9. The van der Waals surface area contributed by atoms with Crippen LogP contribution in [0.1, 0.15) is 5.56 Å². The highest BCUT2D eigenvalue weighted by molar-refractivity contribution is 9.10. The summed E-state index contributed by atoms with van der Waals surface area (Å²) in [4.78, 5) is 12.3. The molecular formula is C11H13BrN2O4. The number of hydrogen-bond acceptors (Lipinski definition) is 5. The van der Waals surface area contributed by atoms with Crippen LogP contribution in [-0.2, 0) is 6.54 Å². The molecule has 1 heterocycles. The van der Waals surface area contributed by atoms with Crippen LogP contribution < -0.4 is 0 Å². The van der Waals surface area contributed by atoms with Crippen LogP contribution in [0.3, 0.4) is 0 Å². The number of hydrogen-bond donors (Lipinski definition) is 2. The molecule has 18 heavy (non-hydrogen) atoms. The first-order valence-electron chi connectivity index (χ1n) is 5.48. The van der Waals surface area contributed by atoms with Crippen LogP contribution in [0.5, 0.6) is 0 Å². The molecule has 0 aliphatic carbocycles. The van der Waals surface area contributed by atoms with E-state index in [1.54, 1.807) is 17.0 Å². The lowest BCUT2D eigenvalue weighted by Crippen LogP contribution is -2.22. The van der Waals surface area contributed by atoms with Crippen LogP contribution in [0.4, 0.5) is 5.69 Å². The summed E-state index contributed by atoms with van der Waals surface area (Å²) in [5, 5.41) is 29.8. The Morgan fingerprint density at radius 3 is 2.56 bits per heavy atom. The lowest BCUT2D eigenvalue weighted by atomic mass is 10.1.